The highest BCUT2D eigenvalue weighted by Crippen LogP contribution is 2.44. The number of esters is 1. The molecule has 6 unspecified atom stereocenters. The number of phenolic OH excluding ortho intramolecular Hbond substituents is 5. The number of benzene rings is 2. The molecular formula is C23H24O13. The molecule has 36 heavy (non-hydrogen) atoms. The third-order valence-corrected chi connectivity index (χ3v) is 6.10. The van der Waals surface area contributed by atoms with E-state index in [1.807, 2.05) is 0 Å². The average Bonchev–Trinajstić information content (AvgIpc) is 2.85. The van der Waals surface area contributed by atoms with Gasteiger partial charge in [0.2, 0.25) is 0 Å². The van der Waals surface area contributed by atoms with E-state index in [9.17, 15) is 50.4 Å². The number of ether oxygens (including phenoxy) is 3. The van der Waals surface area contributed by atoms with Crippen molar-refractivity contribution in [1.82, 2.24) is 0 Å². The van der Waals surface area contributed by atoms with E-state index in [0.29, 0.717) is 0 Å². The van der Waals surface area contributed by atoms with Gasteiger partial charge >= 0.3 is 5.97 Å². The molecule has 0 bridgehead atoms. The molecule has 1 fully saturated rings. The molecule has 0 spiro atoms. The van der Waals surface area contributed by atoms with Crippen LogP contribution in [0.3, 0.4) is 0 Å². The van der Waals surface area contributed by atoms with Crippen LogP contribution in [0.1, 0.15) is 45.2 Å². The Labute approximate surface area is 203 Å². The van der Waals surface area contributed by atoms with Gasteiger partial charge in [-0.2, -0.15) is 0 Å². The fraction of sp³-hybridized carbons (Fsp3) is 0.391. The fourth-order valence-electron chi connectivity index (χ4n) is 4.13. The smallest absolute Gasteiger partial charge is 0.338 e. The quantitative estimate of drug-likeness (QED) is 0.196. The first kappa shape index (κ1) is 25.5. The summed E-state index contributed by atoms with van der Waals surface area (Å²) < 4.78 is 16.3. The molecule has 0 aromatic heterocycles. The van der Waals surface area contributed by atoms with Gasteiger partial charge in [-0.25, -0.2) is 4.79 Å². The van der Waals surface area contributed by atoms with Crippen LogP contribution < -0.4 is 0 Å². The third-order valence-electron chi connectivity index (χ3n) is 6.10. The van der Waals surface area contributed by atoms with Gasteiger partial charge in [0, 0.05) is 17.5 Å². The lowest BCUT2D eigenvalue weighted by Crippen LogP contribution is -2.59. The van der Waals surface area contributed by atoms with Crippen molar-refractivity contribution >= 4 is 11.8 Å². The zero-order valence-corrected chi connectivity index (χ0v) is 18.5. The standard InChI is InChI=1S/C23H24O13/c24-10-3-4-14(16-9(10)1-2-11(25)18(16)29)35-23-21(32)20(31)19(30)15(36-23)7-34-22(33)8-5-12(26)17(28)13(27)6-8/h1-2,5-6,14-15,19-21,23,25-32H,3-4,7H2. The topological polar surface area (TPSA) is 224 Å². The summed E-state index contributed by atoms with van der Waals surface area (Å²) in [5, 5.41) is 79.6. The number of Topliss-reactive ketones (excluding diaryl/α,β-unsaturated/α-hetero) is 1. The van der Waals surface area contributed by atoms with Crippen molar-refractivity contribution in [2.75, 3.05) is 6.61 Å². The minimum atomic E-state index is -1.79. The van der Waals surface area contributed by atoms with Gasteiger partial charge in [-0.15, -0.1) is 0 Å². The lowest BCUT2D eigenvalue weighted by Gasteiger charge is -2.41. The van der Waals surface area contributed by atoms with Crippen LogP contribution in [-0.4, -0.2) is 89.9 Å². The largest absolute Gasteiger partial charge is 0.504 e. The monoisotopic (exact) mass is 508 g/mol. The Morgan fingerprint density at radius 2 is 1.58 bits per heavy atom. The van der Waals surface area contributed by atoms with Gasteiger partial charge in [-0.05, 0) is 30.7 Å². The molecule has 13 nitrogen and oxygen atoms in total. The molecule has 1 heterocycles. The van der Waals surface area contributed by atoms with Gasteiger partial charge in [0.1, 0.15) is 31.0 Å². The summed E-state index contributed by atoms with van der Waals surface area (Å²) in [5.74, 6) is -4.82. The molecule has 2 aromatic carbocycles. The summed E-state index contributed by atoms with van der Waals surface area (Å²) in [4.78, 5) is 24.5. The zero-order valence-electron chi connectivity index (χ0n) is 18.5. The van der Waals surface area contributed by atoms with E-state index in [4.69, 9.17) is 14.2 Å². The number of fused-ring (bicyclic) bond motifs is 1. The predicted molar refractivity (Wildman–Crippen MR) is 116 cm³/mol. The minimum Gasteiger partial charge on any atom is -0.504 e. The van der Waals surface area contributed by atoms with Crippen LogP contribution in [0.15, 0.2) is 24.3 Å². The molecule has 2 aliphatic rings. The fourth-order valence-corrected chi connectivity index (χ4v) is 4.13. The Morgan fingerprint density at radius 1 is 0.917 bits per heavy atom. The van der Waals surface area contributed by atoms with Crippen LogP contribution in [0.25, 0.3) is 0 Å². The van der Waals surface area contributed by atoms with Crippen molar-refractivity contribution in [1.29, 1.82) is 0 Å². The van der Waals surface area contributed by atoms with E-state index in [1.54, 1.807) is 0 Å². The summed E-state index contributed by atoms with van der Waals surface area (Å²) >= 11 is 0. The van der Waals surface area contributed by atoms with Crippen molar-refractivity contribution in [3.63, 3.8) is 0 Å². The third kappa shape index (κ3) is 4.62. The second-order valence-corrected chi connectivity index (χ2v) is 8.46. The molecule has 1 saturated heterocycles. The molecule has 13 heteroatoms. The Bertz CT molecular complexity index is 1160. The van der Waals surface area contributed by atoms with Gasteiger partial charge < -0.3 is 55.1 Å². The zero-order chi connectivity index (χ0) is 26.3. The number of aliphatic hydroxyl groups excluding tert-OH is 3. The summed E-state index contributed by atoms with van der Waals surface area (Å²) in [6.07, 6.45) is -9.22. The molecule has 4 rings (SSSR count). The molecule has 2 aromatic rings. The molecule has 8 N–H and O–H groups in total. The molecular weight excluding hydrogens is 484 g/mol. The summed E-state index contributed by atoms with van der Waals surface area (Å²) in [5.41, 5.74) is -0.240. The Morgan fingerprint density at radius 3 is 2.25 bits per heavy atom. The van der Waals surface area contributed by atoms with Gasteiger partial charge in [0.05, 0.1) is 11.7 Å². The maximum atomic E-state index is 12.3. The van der Waals surface area contributed by atoms with Crippen molar-refractivity contribution in [2.24, 2.45) is 0 Å². The minimum absolute atomic E-state index is 0.0161. The number of carbonyl (C=O) groups is 2. The van der Waals surface area contributed by atoms with E-state index >= 15 is 0 Å². The molecule has 0 saturated carbocycles. The highest BCUT2D eigenvalue weighted by molar-refractivity contribution is 5.99. The average molecular weight is 508 g/mol. The predicted octanol–water partition coefficient (Wildman–Crippen LogP) is -0.0866. The highest BCUT2D eigenvalue weighted by atomic mass is 16.7. The molecule has 1 aliphatic carbocycles. The van der Waals surface area contributed by atoms with Crippen LogP contribution in [-0.2, 0) is 14.2 Å². The second kappa shape index (κ2) is 9.79. The lowest BCUT2D eigenvalue weighted by atomic mass is 9.87. The van der Waals surface area contributed by atoms with E-state index in [1.165, 1.54) is 6.07 Å². The molecule has 0 radical (unpaired) electrons. The molecule has 0 amide bonds. The van der Waals surface area contributed by atoms with Crippen LogP contribution in [0.2, 0.25) is 0 Å². The number of ketones is 1. The SMILES string of the molecule is O=C(OCC1OC(OC2CCC(=O)c3ccc(O)c(O)c32)C(O)C(O)C1O)c1cc(O)c(O)c(O)c1. The second-order valence-electron chi connectivity index (χ2n) is 8.46. The summed E-state index contributed by atoms with van der Waals surface area (Å²) in [6, 6.07) is 4.15. The first-order valence-electron chi connectivity index (χ1n) is 10.8. The molecule has 1 aliphatic heterocycles. The van der Waals surface area contributed by atoms with Crippen molar-refractivity contribution in [2.45, 2.75) is 49.7 Å². The van der Waals surface area contributed by atoms with Gasteiger partial charge in [-0.1, -0.05) is 0 Å². The molecule has 6 atom stereocenters. The van der Waals surface area contributed by atoms with E-state index < -0.39 is 78.1 Å². The first-order chi connectivity index (χ1) is 17.0. The van der Waals surface area contributed by atoms with E-state index in [2.05, 4.69) is 0 Å². The van der Waals surface area contributed by atoms with Crippen LogP contribution >= 0.6 is 0 Å². The van der Waals surface area contributed by atoms with Crippen LogP contribution in [0.5, 0.6) is 28.7 Å². The Balaban J connectivity index is 1.49. The normalized spacial score (nSPS) is 27.9. The van der Waals surface area contributed by atoms with Crippen molar-refractivity contribution < 1.29 is 64.7 Å². The summed E-state index contributed by atoms with van der Waals surface area (Å²) in [7, 11) is 0. The van der Waals surface area contributed by atoms with Gasteiger partial charge in [0.25, 0.3) is 0 Å². The van der Waals surface area contributed by atoms with Crippen molar-refractivity contribution in [3.8, 4) is 28.7 Å². The first-order valence-corrected chi connectivity index (χ1v) is 10.8. The number of rotatable bonds is 5. The Hall–Kier alpha value is -3.62. The van der Waals surface area contributed by atoms with Crippen LogP contribution in [0.4, 0.5) is 0 Å². The van der Waals surface area contributed by atoms with E-state index in [0.717, 1.165) is 18.2 Å². The maximum absolute atomic E-state index is 12.3. The van der Waals surface area contributed by atoms with Gasteiger partial charge in [-0.3, -0.25) is 4.79 Å². The number of aromatic hydroxyl groups is 5. The van der Waals surface area contributed by atoms with Crippen LogP contribution in [0, 0.1) is 0 Å². The number of hydrogen-bond acceptors (Lipinski definition) is 13. The number of aliphatic hydroxyl groups is 3. The number of phenols is 5. The molecule has 194 valence electrons. The number of hydrogen-bond donors (Lipinski definition) is 8. The highest BCUT2D eigenvalue weighted by Gasteiger charge is 2.46. The lowest BCUT2D eigenvalue weighted by molar-refractivity contribution is -0.312. The summed E-state index contributed by atoms with van der Waals surface area (Å²) in [6.45, 7) is -0.655. The maximum Gasteiger partial charge on any atom is 0.338 e. The van der Waals surface area contributed by atoms with Crippen molar-refractivity contribution in [3.05, 3.63) is 41.0 Å². The van der Waals surface area contributed by atoms with Gasteiger partial charge in [0.15, 0.2) is 40.8 Å². The Kier molecular flexibility index (Phi) is 6.93. The van der Waals surface area contributed by atoms with E-state index in [-0.39, 0.29) is 35.3 Å². The number of carbonyl (C=O) groups excluding carboxylic acids is 2.